The molecule has 0 aliphatic rings. The minimum absolute atomic E-state index is 0.354. The van der Waals surface area contributed by atoms with Crippen molar-refractivity contribution in [3.8, 4) is 0 Å². The number of nitrogens with one attached hydrogen (secondary N) is 1. The molecule has 0 amide bonds. The highest BCUT2D eigenvalue weighted by molar-refractivity contribution is 5.19. The van der Waals surface area contributed by atoms with E-state index < -0.39 is 0 Å². The second kappa shape index (κ2) is 7.12. The third kappa shape index (κ3) is 4.23. The molecule has 3 nitrogen and oxygen atoms in total. The molecule has 102 valence electrons. The molecule has 0 aliphatic carbocycles. The zero-order valence-electron chi connectivity index (χ0n) is 11.7. The van der Waals surface area contributed by atoms with E-state index in [1.807, 2.05) is 6.07 Å². The summed E-state index contributed by atoms with van der Waals surface area (Å²) in [6, 6.07) is 13.0. The van der Waals surface area contributed by atoms with E-state index in [1.54, 1.807) is 7.11 Å². The van der Waals surface area contributed by atoms with Gasteiger partial charge in [-0.2, -0.15) is 0 Å². The molecule has 1 heterocycles. The summed E-state index contributed by atoms with van der Waals surface area (Å²) >= 11 is 0. The van der Waals surface area contributed by atoms with Gasteiger partial charge in [0.2, 0.25) is 0 Å². The SMILES string of the molecule is COCCNC(C)c1ccn(Cc2ccccc2)c1. The maximum Gasteiger partial charge on any atom is 0.0587 e. The highest BCUT2D eigenvalue weighted by Gasteiger charge is 2.06. The van der Waals surface area contributed by atoms with Crippen molar-refractivity contribution in [2.45, 2.75) is 19.5 Å². The standard InChI is InChI=1S/C16H22N2O/c1-14(17-9-11-19-2)16-8-10-18(13-16)12-15-6-4-3-5-7-15/h3-8,10,13-14,17H,9,11-12H2,1-2H3. The summed E-state index contributed by atoms with van der Waals surface area (Å²) in [5.41, 5.74) is 2.64. The molecular weight excluding hydrogens is 236 g/mol. The number of methoxy groups -OCH3 is 1. The molecule has 2 rings (SSSR count). The van der Waals surface area contributed by atoms with Gasteiger partial charge in [0.25, 0.3) is 0 Å². The molecule has 0 spiro atoms. The number of aromatic nitrogens is 1. The second-order valence-electron chi connectivity index (χ2n) is 4.77. The van der Waals surface area contributed by atoms with E-state index in [2.05, 4.69) is 59.5 Å². The Kier molecular flexibility index (Phi) is 5.19. The molecule has 1 atom stereocenters. The maximum atomic E-state index is 5.04. The van der Waals surface area contributed by atoms with Crippen LogP contribution in [0.3, 0.4) is 0 Å². The first-order chi connectivity index (χ1) is 9.29. The van der Waals surface area contributed by atoms with Crippen LogP contribution in [-0.2, 0) is 11.3 Å². The molecule has 1 unspecified atom stereocenters. The number of benzene rings is 1. The van der Waals surface area contributed by atoms with Crippen molar-refractivity contribution in [3.63, 3.8) is 0 Å². The molecule has 2 aromatic rings. The van der Waals surface area contributed by atoms with Gasteiger partial charge >= 0.3 is 0 Å². The van der Waals surface area contributed by atoms with Crippen LogP contribution in [0, 0.1) is 0 Å². The molecule has 0 saturated carbocycles. The first-order valence-corrected chi connectivity index (χ1v) is 6.71. The third-order valence-electron chi connectivity index (χ3n) is 3.24. The van der Waals surface area contributed by atoms with Crippen molar-refractivity contribution in [2.24, 2.45) is 0 Å². The van der Waals surface area contributed by atoms with Gasteiger partial charge < -0.3 is 14.6 Å². The molecule has 1 N–H and O–H groups in total. The molecule has 0 bridgehead atoms. The van der Waals surface area contributed by atoms with Crippen LogP contribution in [0.4, 0.5) is 0 Å². The summed E-state index contributed by atoms with van der Waals surface area (Å²) < 4.78 is 7.27. The predicted octanol–water partition coefficient (Wildman–Crippen LogP) is 2.83. The molecular formula is C16H22N2O. The van der Waals surface area contributed by atoms with Crippen LogP contribution in [0.5, 0.6) is 0 Å². The Morgan fingerprint density at radius 3 is 2.74 bits per heavy atom. The Morgan fingerprint density at radius 1 is 1.21 bits per heavy atom. The van der Waals surface area contributed by atoms with Crippen LogP contribution in [0.1, 0.15) is 24.1 Å². The lowest BCUT2D eigenvalue weighted by Gasteiger charge is -2.11. The van der Waals surface area contributed by atoms with Gasteiger partial charge in [0, 0.05) is 38.6 Å². The Hall–Kier alpha value is -1.58. The maximum absolute atomic E-state index is 5.04. The molecule has 0 saturated heterocycles. The third-order valence-corrected chi connectivity index (χ3v) is 3.24. The largest absolute Gasteiger partial charge is 0.383 e. The lowest BCUT2D eigenvalue weighted by Crippen LogP contribution is -2.22. The molecule has 0 radical (unpaired) electrons. The lowest BCUT2D eigenvalue weighted by molar-refractivity contribution is 0.196. The summed E-state index contributed by atoms with van der Waals surface area (Å²) in [7, 11) is 1.72. The summed E-state index contributed by atoms with van der Waals surface area (Å²) in [5, 5.41) is 3.44. The monoisotopic (exact) mass is 258 g/mol. The quantitative estimate of drug-likeness (QED) is 0.773. The van der Waals surface area contributed by atoms with E-state index in [0.717, 1.165) is 19.7 Å². The first-order valence-electron chi connectivity index (χ1n) is 6.71. The van der Waals surface area contributed by atoms with E-state index in [4.69, 9.17) is 4.74 Å². The molecule has 3 heteroatoms. The molecule has 1 aromatic heterocycles. The summed E-state index contributed by atoms with van der Waals surface area (Å²) in [6.07, 6.45) is 4.34. The topological polar surface area (TPSA) is 26.2 Å². The first kappa shape index (κ1) is 13.8. The van der Waals surface area contributed by atoms with Crippen LogP contribution in [-0.4, -0.2) is 24.8 Å². The Labute approximate surface area is 115 Å². The van der Waals surface area contributed by atoms with Gasteiger partial charge in [0.15, 0.2) is 0 Å². The van der Waals surface area contributed by atoms with Gasteiger partial charge in [-0.3, -0.25) is 0 Å². The average Bonchev–Trinajstić information content (AvgIpc) is 2.89. The fourth-order valence-corrected chi connectivity index (χ4v) is 2.10. The van der Waals surface area contributed by atoms with Gasteiger partial charge in [-0.25, -0.2) is 0 Å². The number of rotatable bonds is 7. The number of nitrogens with zero attached hydrogens (tertiary/aromatic N) is 1. The molecule has 0 aliphatic heterocycles. The Morgan fingerprint density at radius 2 is 2.00 bits per heavy atom. The van der Waals surface area contributed by atoms with Gasteiger partial charge in [0.1, 0.15) is 0 Å². The van der Waals surface area contributed by atoms with Gasteiger partial charge in [-0.15, -0.1) is 0 Å². The fraction of sp³-hybridized carbons (Fsp3) is 0.375. The summed E-state index contributed by atoms with van der Waals surface area (Å²) in [5.74, 6) is 0. The van der Waals surface area contributed by atoms with Crippen LogP contribution in [0.25, 0.3) is 0 Å². The van der Waals surface area contributed by atoms with Gasteiger partial charge in [-0.1, -0.05) is 30.3 Å². The lowest BCUT2D eigenvalue weighted by atomic mass is 10.2. The number of hydrogen-bond acceptors (Lipinski definition) is 2. The van der Waals surface area contributed by atoms with Gasteiger partial charge in [-0.05, 0) is 24.1 Å². The van der Waals surface area contributed by atoms with E-state index in [1.165, 1.54) is 11.1 Å². The van der Waals surface area contributed by atoms with Gasteiger partial charge in [0.05, 0.1) is 6.61 Å². The summed E-state index contributed by atoms with van der Waals surface area (Å²) in [4.78, 5) is 0. The minimum Gasteiger partial charge on any atom is -0.383 e. The van der Waals surface area contributed by atoms with Crippen molar-refractivity contribution in [2.75, 3.05) is 20.3 Å². The fourth-order valence-electron chi connectivity index (χ4n) is 2.10. The normalized spacial score (nSPS) is 12.5. The van der Waals surface area contributed by atoms with Crippen LogP contribution in [0.15, 0.2) is 48.8 Å². The van der Waals surface area contributed by atoms with Crippen molar-refractivity contribution >= 4 is 0 Å². The van der Waals surface area contributed by atoms with Crippen molar-refractivity contribution in [1.29, 1.82) is 0 Å². The molecule has 1 aromatic carbocycles. The number of ether oxygens (including phenoxy) is 1. The molecule has 19 heavy (non-hydrogen) atoms. The van der Waals surface area contributed by atoms with Crippen LogP contribution < -0.4 is 5.32 Å². The van der Waals surface area contributed by atoms with E-state index in [9.17, 15) is 0 Å². The van der Waals surface area contributed by atoms with E-state index in [0.29, 0.717) is 6.04 Å². The average molecular weight is 258 g/mol. The van der Waals surface area contributed by atoms with Crippen molar-refractivity contribution in [3.05, 3.63) is 59.9 Å². The summed E-state index contributed by atoms with van der Waals surface area (Å²) in [6.45, 7) is 4.72. The van der Waals surface area contributed by atoms with E-state index >= 15 is 0 Å². The molecule has 0 fully saturated rings. The smallest absolute Gasteiger partial charge is 0.0587 e. The zero-order chi connectivity index (χ0) is 13.5. The Balaban J connectivity index is 1.91. The van der Waals surface area contributed by atoms with Crippen molar-refractivity contribution < 1.29 is 4.74 Å². The predicted molar refractivity (Wildman–Crippen MR) is 78.3 cm³/mol. The Bertz CT molecular complexity index is 479. The number of hydrogen-bond donors (Lipinski definition) is 1. The second-order valence-corrected chi connectivity index (χ2v) is 4.77. The highest BCUT2D eigenvalue weighted by atomic mass is 16.5. The zero-order valence-corrected chi connectivity index (χ0v) is 11.7. The van der Waals surface area contributed by atoms with E-state index in [-0.39, 0.29) is 0 Å². The highest BCUT2D eigenvalue weighted by Crippen LogP contribution is 2.13. The minimum atomic E-state index is 0.354. The van der Waals surface area contributed by atoms with Crippen molar-refractivity contribution in [1.82, 2.24) is 9.88 Å². The van der Waals surface area contributed by atoms with Crippen LogP contribution >= 0.6 is 0 Å². The van der Waals surface area contributed by atoms with Crippen LogP contribution in [0.2, 0.25) is 0 Å².